The maximum atomic E-state index is 12.2. The Morgan fingerprint density at radius 1 is 1.32 bits per heavy atom. The Kier molecular flexibility index (Phi) is 3.08. The van der Waals surface area contributed by atoms with Crippen LogP contribution in [0.3, 0.4) is 0 Å². The fraction of sp³-hybridized carbons (Fsp3) is 0.154. The van der Waals surface area contributed by atoms with E-state index in [1.165, 1.54) is 11.8 Å². The molecule has 0 saturated carbocycles. The van der Waals surface area contributed by atoms with Gasteiger partial charge in [0.1, 0.15) is 5.39 Å². The highest BCUT2D eigenvalue weighted by atomic mass is 32.2. The van der Waals surface area contributed by atoms with Gasteiger partial charge in [0, 0.05) is 6.20 Å². The third kappa shape index (κ3) is 2.26. The van der Waals surface area contributed by atoms with Gasteiger partial charge < -0.3 is 0 Å². The van der Waals surface area contributed by atoms with Crippen LogP contribution < -0.4 is 5.56 Å². The van der Waals surface area contributed by atoms with E-state index in [1.54, 1.807) is 10.9 Å². The number of nitrogens with one attached hydrogen (secondary N) is 1. The molecule has 6 heteroatoms. The van der Waals surface area contributed by atoms with E-state index in [4.69, 9.17) is 0 Å². The Morgan fingerprint density at radius 3 is 2.84 bits per heavy atom. The zero-order chi connectivity index (χ0) is 13.2. The van der Waals surface area contributed by atoms with Crippen LogP contribution in [0, 0.1) is 0 Å². The number of nitrogens with zero attached hydrogens (tertiary/aromatic N) is 3. The minimum absolute atomic E-state index is 0.0912. The number of rotatable bonds is 3. The molecule has 0 saturated heterocycles. The third-order valence-electron chi connectivity index (χ3n) is 2.85. The van der Waals surface area contributed by atoms with Gasteiger partial charge in [-0.15, -0.1) is 0 Å². The van der Waals surface area contributed by atoms with Crippen molar-refractivity contribution in [2.75, 3.05) is 6.26 Å². The second-order valence-corrected chi connectivity index (χ2v) is 4.88. The molecule has 0 radical (unpaired) electrons. The molecule has 96 valence electrons. The zero-order valence-corrected chi connectivity index (χ0v) is 11.1. The summed E-state index contributed by atoms with van der Waals surface area (Å²) in [4.78, 5) is 20.6. The maximum Gasteiger partial charge on any atom is 0.277 e. The van der Waals surface area contributed by atoms with Gasteiger partial charge in [0.15, 0.2) is 10.8 Å². The van der Waals surface area contributed by atoms with E-state index in [-0.39, 0.29) is 5.56 Å². The van der Waals surface area contributed by atoms with Gasteiger partial charge in [-0.1, -0.05) is 42.1 Å². The molecule has 0 fully saturated rings. The topological polar surface area (TPSA) is 63.6 Å². The number of aromatic nitrogens is 4. The molecule has 0 spiro atoms. The molecule has 0 unspecified atom stereocenters. The van der Waals surface area contributed by atoms with Crippen LogP contribution in [0.2, 0.25) is 0 Å². The van der Waals surface area contributed by atoms with Crippen molar-refractivity contribution < 1.29 is 0 Å². The number of hydrogen-bond acceptors (Lipinski definition) is 4. The lowest BCUT2D eigenvalue weighted by molar-refractivity contribution is 0.669. The van der Waals surface area contributed by atoms with Crippen molar-refractivity contribution in [3.63, 3.8) is 0 Å². The zero-order valence-electron chi connectivity index (χ0n) is 10.3. The summed E-state index contributed by atoms with van der Waals surface area (Å²) in [6.45, 7) is 0.505. The van der Waals surface area contributed by atoms with Gasteiger partial charge >= 0.3 is 0 Å². The average molecular weight is 272 g/mol. The second kappa shape index (κ2) is 4.89. The Balaban J connectivity index is 2.05. The SMILES string of the molecule is CSc1ncc2c(=O)n(Cc3ccccc3)[nH]c2n1. The van der Waals surface area contributed by atoms with Crippen LogP contribution in [0.1, 0.15) is 5.56 Å². The summed E-state index contributed by atoms with van der Waals surface area (Å²) in [6, 6.07) is 9.82. The largest absolute Gasteiger partial charge is 0.278 e. The van der Waals surface area contributed by atoms with Gasteiger partial charge in [0.25, 0.3) is 5.56 Å². The predicted molar refractivity (Wildman–Crippen MR) is 75.5 cm³/mol. The molecule has 0 atom stereocenters. The lowest BCUT2D eigenvalue weighted by atomic mass is 10.2. The summed E-state index contributed by atoms with van der Waals surface area (Å²) in [5.41, 5.74) is 1.56. The first kappa shape index (κ1) is 12.0. The number of aromatic amines is 1. The van der Waals surface area contributed by atoms with E-state index in [0.29, 0.717) is 22.7 Å². The van der Waals surface area contributed by atoms with Crippen molar-refractivity contribution in [2.24, 2.45) is 0 Å². The van der Waals surface area contributed by atoms with Crippen molar-refractivity contribution >= 4 is 22.8 Å². The first-order valence-corrected chi connectivity index (χ1v) is 7.04. The van der Waals surface area contributed by atoms with Crippen LogP contribution in [-0.4, -0.2) is 26.0 Å². The summed E-state index contributed by atoms with van der Waals surface area (Å²) in [6.07, 6.45) is 3.48. The van der Waals surface area contributed by atoms with E-state index in [1.807, 2.05) is 36.6 Å². The summed E-state index contributed by atoms with van der Waals surface area (Å²) >= 11 is 1.45. The first-order valence-electron chi connectivity index (χ1n) is 5.81. The molecule has 0 aliphatic carbocycles. The third-order valence-corrected chi connectivity index (χ3v) is 3.41. The molecule has 0 amide bonds. The van der Waals surface area contributed by atoms with Crippen molar-refractivity contribution in [1.82, 2.24) is 19.7 Å². The normalized spacial score (nSPS) is 11.0. The highest BCUT2D eigenvalue weighted by molar-refractivity contribution is 7.98. The summed E-state index contributed by atoms with van der Waals surface area (Å²) in [7, 11) is 0. The summed E-state index contributed by atoms with van der Waals surface area (Å²) in [5.74, 6) is 0. The fourth-order valence-corrected chi connectivity index (χ4v) is 2.25. The molecule has 3 rings (SSSR count). The molecule has 1 N–H and O–H groups in total. The molecular weight excluding hydrogens is 260 g/mol. The number of thioether (sulfide) groups is 1. The van der Waals surface area contributed by atoms with Crippen LogP contribution in [0.5, 0.6) is 0 Å². The van der Waals surface area contributed by atoms with E-state index < -0.39 is 0 Å². The minimum Gasteiger partial charge on any atom is -0.278 e. The van der Waals surface area contributed by atoms with Crippen LogP contribution >= 0.6 is 11.8 Å². The molecule has 2 heterocycles. The van der Waals surface area contributed by atoms with Gasteiger partial charge in [0.05, 0.1) is 6.54 Å². The molecule has 0 aliphatic heterocycles. The monoisotopic (exact) mass is 272 g/mol. The van der Waals surface area contributed by atoms with Gasteiger partial charge in [-0.25, -0.2) is 14.6 Å². The van der Waals surface area contributed by atoms with E-state index in [2.05, 4.69) is 15.1 Å². The van der Waals surface area contributed by atoms with E-state index in [9.17, 15) is 4.79 Å². The molecule has 0 bridgehead atoms. The summed E-state index contributed by atoms with van der Waals surface area (Å²) in [5, 5.41) is 4.20. The highest BCUT2D eigenvalue weighted by Gasteiger charge is 2.09. The van der Waals surface area contributed by atoms with Crippen LogP contribution in [-0.2, 0) is 6.54 Å². The lowest BCUT2D eigenvalue weighted by Gasteiger charge is -2.00. The lowest BCUT2D eigenvalue weighted by Crippen LogP contribution is -2.17. The van der Waals surface area contributed by atoms with Crippen molar-refractivity contribution in [1.29, 1.82) is 0 Å². The Labute approximate surface area is 113 Å². The number of fused-ring (bicyclic) bond motifs is 1. The Bertz CT molecular complexity index is 763. The first-order chi connectivity index (χ1) is 9.28. The van der Waals surface area contributed by atoms with Gasteiger partial charge in [-0.3, -0.25) is 9.89 Å². The maximum absolute atomic E-state index is 12.2. The standard InChI is InChI=1S/C13H12N4OS/c1-19-13-14-7-10-11(15-13)16-17(12(10)18)8-9-5-3-2-4-6-9/h2-7H,8H2,1H3,(H,14,15,16). The predicted octanol–water partition coefficient (Wildman–Crippen LogP) is 1.89. The molecular formula is C13H12N4OS. The Hall–Kier alpha value is -2.08. The molecule has 0 aliphatic rings. The van der Waals surface area contributed by atoms with Crippen molar-refractivity contribution in [3.8, 4) is 0 Å². The van der Waals surface area contributed by atoms with Crippen LogP contribution in [0.15, 0.2) is 46.5 Å². The number of hydrogen-bond donors (Lipinski definition) is 1. The van der Waals surface area contributed by atoms with E-state index >= 15 is 0 Å². The molecule has 1 aromatic carbocycles. The van der Waals surface area contributed by atoms with Crippen molar-refractivity contribution in [3.05, 3.63) is 52.4 Å². The smallest absolute Gasteiger partial charge is 0.277 e. The molecule has 5 nitrogen and oxygen atoms in total. The van der Waals surface area contributed by atoms with Gasteiger partial charge in [0.2, 0.25) is 0 Å². The fourth-order valence-electron chi connectivity index (χ4n) is 1.91. The quantitative estimate of drug-likeness (QED) is 0.584. The highest BCUT2D eigenvalue weighted by Crippen LogP contribution is 2.11. The van der Waals surface area contributed by atoms with Gasteiger partial charge in [-0.2, -0.15) is 0 Å². The number of benzene rings is 1. The average Bonchev–Trinajstić information content (AvgIpc) is 2.76. The number of H-pyrrole nitrogens is 1. The molecule has 19 heavy (non-hydrogen) atoms. The minimum atomic E-state index is -0.0912. The molecule has 2 aromatic heterocycles. The molecule has 3 aromatic rings. The van der Waals surface area contributed by atoms with Crippen molar-refractivity contribution in [2.45, 2.75) is 11.7 Å². The van der Waals surface area contributed by atoms with Crippen LogP contribution in [0.25, 0.3) is 11.0 Å². The van der Waals surface area contributed by atoms with Gasteiger partial charge in [-0.05, 0) is 11.8 Å². The second-order valence-electron chi connectivity index (χ2n) is 4.11. The van der Waals surface area contributed by atoms with Crippen LogP contribution in [0.4, 0.5) is 0 Å². The summed E-state index contributed by atoms with van der Waals surface area (Å²) < 4.78 is 1.55. The Morgan fingerprint density at radius 2 is 2.11 bits per heavy atom. The van der Waals surface area contributed by atoms with E-state index in [0.717, 1.165) is 5.56 Å².